The van der Waals surface area contributed by atoms with Gasteiger partial charge < -0.3 is 14.0 Å². The molecule has 1 aromatic heterocycles. The first-order valence-electron chi connectivity index (χ1n) is 8.38. The predicted molar refractivity (Wildman–Crippen MR) is 95.1 cm³/mol. The fourth-order valence-corrected chi connectivity index (χ4v) is 3.28. The molecule has 128 valence electrons. The minimum Gasteiger partial charge on any atom is -0.493 e. The second-order valence-electron chi connectivity index (χ2n) is 6.99. The lowest BCUT2D eigenvalue weighted by atomic mass is 9.87. The van der Waals surface area contributed by atoms with E-state index in [1.165, 1.54) is 24.2 Å². The highest BCUT2D eigenvalue weighted by Gasteiger charge is 2.53. The third-order valence-electron chi connectivity index (χ3n) is 4.58. The molecule has 2 heterocycles. The molecular weight excluding hydrogens is 311 g/mol. The molecule has 0 unspecified atom stereocenters. The van der Waals surface area contributed by atoms with E-state index in [4.69, 9.17) is 14.0 Å². The van der Waals surface area contributed by atoms with E-state index in [-0.39, 0.29) is 0 Å². The van der Waals surface area contributed by atoms with Crippen molar-refractivity contribution < 1.29 is 18.8 Å². The molecule has 1 aliphatic heterocycles. The highest BCUT2D eigenvalue weighted by atomic mass is 32.1. The van der Waals surface area contributed by atoms with E-state index in [9.17, 15) is 4.79 Å². The Kier molecular flexibility index (Phi) is 5.92. The summed E-state index contributed by atoms with van der Waals surface area (Å²) in [5.41, 5.74) is -0.803. The standard InChI is InChI=1S/C17H27BO4S/c1-6-7-8-9-10-20-14-11-13(12-19)23-15(14)18-21-16(2,3)17(4,5)22-18/h11-12H,6-10H2,1-5H3. The van der Waals surface area contributed by atoms with Crippen LogP contribution in [0.15, 0.2) is 6.07 Å². The third kappa shape index (κ3) is 4.17. The maximum atomic E-state index is 11.1. The van der Waals surface area contributed by atoms with Gasteiger partial charge in [0.1, 0.15) is 5.75 Å². The summed E-state index contributed by atoms with van der Waals surface area (Å²) in [7, 11) is -0.482. The second-order valence-corrected chi connectivity index (χ2v) is 8.11. The average molecular weight is 338 g/mol. The van der Waals surface area contributed by atoms with Gasteiger partial charge in [-0.05, 0) is 34.1 Å². The lowest BCUT2D eigenvalue weighted by Gasteiger charge is -2.32. The summed E-state index contributed by atoms with van der Waals surface area (Å²) in [6.07, 6.45) is 5.45. The van der Waals surface area contributed by atoms with Crippen LogP contribution < -0.4 is 9.51 Å². The van der Waals surface area contributed by atoms with E-state index in [2.05, 4.69) is 6.92 Å². The minimum atomic E-state index is -0.482. The van der Waals surface area contributed by atoms with Crippen LogP contribution in [0, 0.1) is 0 Å². The highest BCUT2D eigenvalue weighted by Crippen LogP contribution is 2.38. The first-order valence-corrected chi connectivity index (χ1v) is 9.19. The molecule has 0 spiro atoms. The van der Waals surface area contributed by atoms with E-state index < -0.39 is 18.3 Å². The Morgan fingerprint density at radius 2 is 1.83 bits per heavy atom. The number of ether oxygens (including phenoxy) is 1. The normalized spacial score (nSPS) is 19.1. The molecule has 1 saturated heterocycles. The van der Waals surface area contributed by atoms with Crippen molar-refractivity contribution in [2.45, 2.75) is 71.5 Å². The molecule has 0 saturated carbocycles. The van der Waals surface area contributed by atoms with Gasteiger partial charge in [-0.25, -0.2) is 0 Å². The van der Waals surface area contributed by atoms with E-state index in [1.807, 2.05) is 27.7 Å². The van der Waals surface area contributed by atoms with Crippen molar-refractivity contribution in [1.82, 2.24) is 0 Å². The van der Waals surface area contributed by atoms with Crippen molar-refractivity contribution in [1.29, 1.82) is 0 Å². The summed E-state index contributed by atoms with van der Waals surface area (Å²) in [6.45, 7) is 10.9. The molecule has 0 aliphatic carbocycles. The summed E-state index contributed by atoms with van der Waals surface area (Å²) in [5, 5.41) is 0. The number of unbranched alkanes of at least 4 members (excludes halogenated alkanes) is 3. The van der Waals surface area contributed by atoms with Gasteiger partial charge in [0, 0.05) is 6.07 Å². The van der Waals surface area contributed by atoms with Crippen molar-refractivity contribution in [3.05, 3.63) is 10.9 Å². The van der Waals surface area contributed by atoms with Crippen molar-refractivity contribution >= 4 is 29.5 Å². The van der Waals surface area contributed by atoms with Crippen LogP contribution in [0.1, 0.15) is 70.0 Å². The second kappa shape index (κ2) is 7.37. The Morgan fingerprint density at radius 1 is 1.17 bits per heavy atom. The number of carbonyl (C=O) groups is 1. The van der Waals surface area contributed by atoms with Gasteiger partial charge in [-0.15, -0.1) is 11.3 Å². The van der Waals surface area contributed by atoms with E-state index >= 15 is 0 Å². The van der Waals surface area contributed by atoms with Crippen LogP contribution in [0.4, 0.5) is 0 Å². The number of carbonyl (C=O) groups excluding carboxylic acids is 1. The Hall–Kier alpha value is -0.845. The van der Waals surface area contributed by atoms with Crippen LogP contribution >= 0.6 is 11.3 Å². The Labute approximate surface area is 143 Å². The maximum absolute atomic E-state index is 11.1. The lowest BCUT2D eigenvalue weighted by Crippen LogP contribution is -2.41. The summed E-state index contributed by atoms with van der Waals surface area (Å²) in [4.78, 5) is 11.8. The molecular formula is C17H27BO4S. The van der Waals surface area contributed by atoms with E-state index in [0.717, 1.165) is 23.9 Å². The van der Waals surface area contributed by atoms with Crippen LogP contribution in [0.3, 0.4) is 0 Å². The minimum absolute atomic E-state index is 0.401. The Bertz CT molecular complexity index is 523. The average Bonchev–Trinajstić information content (AvgIpc) is 2.97. The van der Waals surface area contributed by atoms with Crippen LogP contribution in [0.5, 0.6) is 5.75 Å². The molecule has 1 fully saturated rings. The zero-order valence-corrected chi connectivity index (χ0v) is 15.6. The van der Waals surface area contributed by atoms with Gasteiger partial charge >= 0.3 is 7.12 Å². The Morgan fingerprint density at radius 3 is 2.39 bits per heavy atom. The molecule has 1 aliphatic rings. The van der Waals surface area contributed by atoms with E-state index in [0.29, 0.717) is 17.2 Å². The fraction of sp³-hybridized carbons (Fsp3) is 0.706. The molecule has 4 nitrogen and oxygen atoms in total. The Balaban J connectivity index is 2.09. The topological polar surface area (TPSA) is 44.8 Å². The molecule has 0 N–H and O–H groups in total. The van der Waals surface area contributed by atoms with Crippen molar-refractivity contribution in [3.8, 4) is 5.75 Å². The first-order chi connectivity index (χ1) is 10.8. The molecule has 1 aromatic rings. The van der Waals surface area contributed by atoms with Crippen molar-refractivity contribution in [3.63, 3.8) is 0 Å². The molecule has 0 bridgehead atoms. The van der Waals surface area contributed by atoms with E-state index in [1.54, 1.807) is 6.07 Å². The zero-order chi connectivity index (χ0) is 17.1. The highest BCUT2D eigenvalue weighted by molar-refractivity contribution is 7.24. The quantitative estimate of drug-likeness (QED) is 0.411. The monoisotopic (exact) mass is 338 g/mol. The summed E-state index contributed by atoms with van der Waals surface area (Å²) in [6, 6.07) is 1.79. The van der Waals surface area contributed by atoms with Crippen LogP contribution in [-0.4, -0.2) is 31.2 Å². The number of aldehydes is 1. The SMILES string of the molecule is CCCCCCOc1cc(C=O)sc1B1OC(C)(C)C(C)(C)O1. The molecule has 0 aromatic carbocycles. The lowest BCUT2D eigenvalue weighted by molar-refractivity contribution is 0.00578. The van der Waals surface area contributed by atoms with Gasteiger partial charge in [0.05, 0.1) is 27.5 Å². The van der Waals surface area contributed by atoms with Crippen LogP contribution in [-0.2, 0) is 9.31 Å². The first kappa shape index (κ1) is 18.5. The fourth-order valence-electron chi connectivity index (χ4n) is 2.40. The molecule has 23 heavy (non-hydrogen) atoms. The van der Waals surface area contributed by atoms with Crippen LogP contribution in [0.25, 0.3) is 0 Å². The zero-order valence-electron chi connectivity index (χ0n) is 14.8. The molecule has 2 rings (SSSR count). The number of hydrogen-bond donors (Lipinski definition) is 0. The van der Waals surface area contributed by atoms with Crippen LogP contribution in [0.2, 0.25) is 0 Å². The number of rotatable bonds is 8. The van der Waals surface area contributed by atoms with Gasteiger partial charge in [0.25, 0.3) is 0 Å². The number of hydrogen-bond acceptors (Lipinski definition) is 5. The molecule has 0 radical (unpaired) electrons. The van der Waals surface area contributed by atoms with Gasteiger partial charge in [-0.2, -0.15) is 0 Å². The molecule has 6 heteroatoms. The molecule has 0 amide bonds. The maximum Gasteiger partial charge on any atom is 0.509 e. The third-order valence-corrected chi connectivity index (χ3v) is 5.65. The van der Waals surface area contributed by atoms with Gasteiger partial charge in [-0.3, -0.25) is 4.79 Å². The van der Waals surface area contributed by atoms with Gasteiger partial charge in [0.15, 0.2) is 6.29 Å². The largest absolute Gasteiger partial charge is 0.509 e. The summed E-state index contributed by atoms with van der Waals surface area (Å²) >= 11 is 1.38. The van der Waals surface area contributed by atoms with Gasteiger partial charge in [-0.1, -0.05) is 26.2 Å². The smallest absolute Gasteiger partial charge is 0.493 e. The van der Waals surface area contributed by atoms with Crippen molar-refractivity contribution in [2.75, 3.05) is 6.61 Å². The summed E-state index contributed by atoms with van der Waals surface area (Å²) in [5.74, 6) is 0.715. The van der Waals surface area contributed by atoms with Crippen molar-refractivity contribution in [2.24, 2.45) is 0 Å². The number of thiophene rings is 1. The van der Waals surface area contributed by atoms with Gasteiger partial charge in [0.2, 0.25) is 0 Å². The molecule has 0 atom stereocenters. The summed E-state index contributed by atoms with van der Waals surface area (Å²) < 4.78 is 18.9. The predicted octanol–water partition coefficient (Wildman–Crippen LogP) is 3.82.